The first-order valence-electron chi connectivity index (χ1n) is 5.87. The summed E-state index contributed by atoms with van der Waals surface area (Å²) in [6.45, 7) is 2.32. The summed E-state index contributed by atoms with van der Waals surface area (Å²) in [6, 6.07) is 6.05. The standard InChI is InChI=1S/C13H16F3N/c1-9(10-6-7-10)17-8-11-4-2-3-5-12(11)13(14,15)16/h2-5,9-10,17H,6-8H2,1H3. The predicted molar refractivity (Wildman–Crippen MR) is 60.5 cm³/mol. The number of halogens is 3. The number of hydrogen-bond acceptors (Lipinski definition) is 1. The Morgan fingerprint density at radius 1 is 1.29 bits per heavy atom. The maximum Gasteiger partial charge on any atom is 0.416 e. The molecule has 0 saturated heterocycles. The average molecular weight is 243 g/mol. The molecule has 1 aliphatic carbocycles. The van der Waals surface area contributed by atoms with Gasteiger partial charge in [0.05, 0.1) is 5.56 Å². The number of benzene rings is 1. The van der Waals surface area contributed by atoms with E-state index in [1.165, 1.54) is 25.0 Å². The van der Waals surface area contributed by atoms with Gasteiger partial charge >= 0.3 is 6.18 Å². The third-order valence-corrected chi connectivity index (χ3v) is 3.27. The molecule has 4 heteroatoms. The number of alkyl halides is 3. The fourth-order valence-electron chi connectivity index (χ4n) is 1.98. The molecule has 0 heterocycles. The molecule has 1 saturated carbocycles. The van der Waals surface area contributed by atoms with Crippen molar-refractivity contribution in [3.63, 3.8) is 0 Å². The minimum atomic E-state index is -4.26. The maximum atomic E-state index is 12.7. The number of hydrogen-bond donors (Lipinski definition) is 1. The summed E-state index contributed by atoms with van der Waals surface area (Å²) in [5.74, 6) is 0.646. The highest BCUT2D eigenvalue weighted by atomic mass is 19.4. The van der Waals surface area contributed by atoms with Crippen LogP contribution >= 0.6 is 0 Å². The van der Waals surface area contributed by atoms with Crippen molar-refractivity contribution in [2.24, 2.45) is 5.92 Å². The van der Waals surface area contributed by atoms with Crippen LogP contribution in [0.2, 0.25) is 0 Å². The SMILES string of the molecule is CC(NCc1ccccc1C(F)(F)F)C1CC1. The van der Waals surface area contributed by atoms with Crippen molar-refractivity contribution in [1.82, 2.24) is 5.32 Å². The summed E-state index contributed by atoms with van der Waals surface area (Å²) in [4.78, 5) is 0. The highest BCUT2D eigenvalue weighted by molar-refractivity contribution is 5.29. The summed E-state index contributed by atoms with van der Waals surface area (Å²) in [5.41, 5.74) is -0.206. The van der Waals surface area contributed by atoms with Crippen molar-refractivity contribution in [2.75, 3.05) is 0 Å². The average Bonchev–Trinajstić information content (AvgIpc) is 3.08. The molecular formula is C13H16F3N. The molecule has 0 bridgehead atoms. The van der Waals surface area contributed by atoms with Crippen LogP contribution in [0.1, 0.15) is 30.9 Å². The van der Waals surface area contributed by atoms with E-state index in [0.717, 1.165) is 6.07 Å². The molecule has 1 aliphatic rings. The molecular weight excluding hydrogens is 227 g/mol. The van der Waals surface area contributed by atoms with Gasteiger partial charge in [0.2, 0.25) is 0 Å². The van der Waals surface area contributed by atoms with Crippen molar-refractivity contribution in [3.8, 4) is 0 Å². The largest absolute Gasteiger partial charge is 0.416 e. The Morgan fingerprint density at radius 3 is 2.53 bits per heavy atom. The molecule has 1 atom stereocenters. The van der Waals surface area contributed by atoms with E-state index in [9.17, 15) is 13.2 Å². The molecule has 0 amide bonds. The summed E-state index contributed by atoms with van der Waals surface area (Å²) >= 11 is 0. The lowest BCUT2D eigenvalue weighted by Crippen LogP contribution is -2.28. The molecule has 1 fully saturated rings. The second kappa shape index (κ2) is 4.69. The van der Waals surface area contributed by atoms with E-state index in [0.29, 0.717) is 17.5 Å². The topological polar surface area (TPSA) is 12.0 Å². The zero-order valence-electron chi connectivity index (χ0n) is 9.72. The van der Waals surface area contributed by atoms with Crippen LogP contribution in [0.5, 0.6) is 0 Å². The van der Waals surface area contributed by atoms with Crippen LogP contribution in [-0.2, 0) is 12.7 Å². The quantitative estimate of drug-likeness (QED) is 0.852. The van der Waals surface area contributed by atoms with E-state index in [1.807, 2.05) is 6.92 Å². The Balaban J connectivity index is 2.04. The molecule has 1 aromatic rings. The fraction of sp³-hybridized carbons (Fsp3) is 0.538. The smallest absolute Gasteiger partial charge is 0.310 e. The Bertz CT molecular complexity index is 382. The second-order valence-electron chi connectivity index (χ2n) is 4.66. The Kier molecular flexibility index (Phi) is 3.43. The second-order valence-corrected chi connectivity index (χ2v) is 4.66. The van der Waals surface area contributed by atoms with Gasteiger partial charge in [0.25, 0.3) is 0 Å². The van der Waals surface area contributed by atoms with E-state index >= 15 is 0 Å². The van der Waals surface area contributed by atoms with Gasteiger partial charge in [-0.05, 0) is 37.3 Å². The molecule has 0 radical (unpaired) electrons. The van der Waals surface area contributed by atoms with Crippen LogP contribution < -0.4 is 5.32 Å². The molecule has 0 aromatic heterocycles. The summed E-state index contributed by atoms with van der Waals surface area (Å²) < 4.78 is 38.1. The Hall–Kier alpha value is -1.03. The van der Waals surface area contributed by atoms with E-state index in [4.69, 9.17) is 0 Å². The van der Waals surface area contributed by atoms with Crippen LogP contribution in [0, 0.1) is 5.92 Å². The van der Waals surface area contributed by atoms with Gasteiger partial charge in [0.1, 0.15) is 0 Å². The van der Waals surface area contributed by atoms with Crippen molar-refractivity contribution in [2.45, 2.75) is 38.5 Å². The van der Waals surface area contributed by atoms with Gasteiger partial charge in [-0.15, -0.1) is 0 Å². The lowest BCUT2D eigenvalue weighted by atomic mass is 10.1. The molecule has 1 unspecified atom stereocenters. The molecule has 1 N–H and O–H groups in total. The first kappa shape index (κ1) is 12.4. The van der Waals surface area contributed by atoms with Gasteiger partial charge in [-0.25, -0.2) is 0 Å². The fourth-order valence-corrected chi connectivity index (χ4v) is 1.98. The van der Waals surface area contributed by atoms with Crippen molar-refractivity contribution >= 4 is 0 Å². The van der Waals surface area contributed by atoms with Gasteiger partial charge in [-0.3, -0.25) is 0 Å². The molecule has 0 aliphatic heterocycles. The molecule has 94 valence electrons. The van der Waals surface area contributed by atoms with Crippen molar-refractivity contribution in [3.05, 3.63) is 35.4 Å². The van der Waals surface area contributed by atoms with Gasteiger partial charge in [-0.2, -0.15) is 13.2 Å². The van der Waals surface area contributed by atoms with Crippen LogP contribution in [0.3, 0.4) is 0 Å². The van der Waals surface area contributed by atoms with Crippen LogP contribution in [0.25, 0.3) is 0 Å². The normalized spacial score (nSPS) is 18.1. The maximum absolute atomic E-state index is 12.7. The van der Waals surface area contributed by atoms with E-state index < -0.39 is 11.7 Å². The Morgan fingerprint density at radius 2 is 1.94 bits per heavy atom. The van der Waals surface area contributed by atoms with Gasteiger partial charge in [-0.1, -0.05) is 18.2 Å². The van der Waals surface area contributed by atoms with Crippen LogP contribution in [0.15, 0.2) is 24.3 Å². The van der Waals surface area contributed by atoms with Crippen molar-refractivity contribution < 1.29 is 13.2 Å². The van der Waals surface area contributed by atoms with E-state index in [1.54, 1.807) is 6.07 Å². The molecule has 0 spiro atoms. The molecule has 17 heavy (non-hydrogen) atoms. The lowest BCUT2D eigenvalue weighted by molar-refractivity contribution is -0.138. The molecule has 1 aromatic carbocycles. The van der Waals surface area contributed by atoms with Gasteiger partial charge < -0.3 is 5.32 Å². The van der Waals surface area contributed by atoms with Crippen LogP contribution in [0.4, 0.5) is 13.2 Å². The minimum Gasteiger partial charge on any atom is -0.310 e. The Labute approximate surface area is 99.0 Å². The van der Waals surface area contributed by atoms with E-state index in [-0.39, 0.29) is 6.54 Å². The van der Waals surface area contributed by atoms with E-state index in [2.05, 4.69) is 5.32 Å². The first-order valence-corrected chi connectivity index (χ1v) is 5.87. The van der Waals surface area contributed by atoms with Gasteiger partial charge in [0.15, 0.2) is 0 Å². The first-order chi connectivity index (χ1) is 7.98. The monoisotopic (exact) mass is 243 g/mol. The summed E-state index contributed by atoms with van der Waals surface area (Å²) in [7, 11) is 0. The third kappa shape index (κ3) is 3.22. The zero-order valence-corrected chi connectivity index (χ0v) is 9.72. The van der Waals surface area contributed by atoms with Gasteiger partial charge in [0, 0.05) is 12.6 Å². The highest BCUT2D eigenvalue weighted by Gasteiger charge is 2.33. The summed E-state index contributed by atoms with van der Waals surface area (Å²) in [6.07, 6.45) is -1.88. The zero-order chi connectivity index (χ0) is 12.5. The van der Waals surface area contributed by atoms with Crippen LogP contribution in [-0.4, -0.2) is 6.04 Å². The minimum absolute atomic E-state index is 0.285. The molecule has 2 rings (SSSR count). The third-order valence-electron chi connectivity index (χ3n) is 3.27. The summed E-state index contributed by atoms with van der Waals surface area (Å²) in [5, 5.41) is 3.17. The number of nitrogens with one attached hydrogen (secondary N) is 1. The lowest BCUT2D eigenvalue weighted by Gasteiger charge is -2.16. The highest BCUT2D eigenvalue weighted by Crippen LogP contribution is 2.34. The number of rotatable bonds is 4. The molecule has 1 nitrogen and oxygen atoms in total. The predicted octanol–water partition coefficient (Wildman–Crippen LogP) is 3.59. The van der Waals surface area contributed by atoms with Crippen molar-refractivity contribution in [1.29, 1.82) is 0 Å².